The fraction of sp³-hybridized carbons (Fsp3) is 0.625. The van der Waals surface area contributed by atoms with Crippen LogP contribution in [0.1, 0.15) is 30.5 Å². The first-order valence-corrected chi connectivity index (χ1v) is 6.87. The lowest BCUT2D eigenvalue weighted by molar-refractivity contribution is -0.0985. The molecule has 1 aliphatic rings. The van der Waals surface area contributed by atoms with E-state index in [-0.39, 0.29) is 5.41 Å². The van der Waals surface area contributed by atoms with Crippen molar-refractivity contribution in [2.24, 2.45) is 17.6 Å². The first kappa shape index (κ1) is 13.6. The standard InChI is InChI=1S/C16H25NO/c1-11(2)15(8-17)16(9-18-10-16)14-7-12(3)5-6-13(14)4/h5-7,11,15H,8-10,17H2,1-4H3. The number of hydrogen-bond donors (Lipinski definition) is 1. The quantitative estimate of drug-likeness (QED) is 0.888. The Morgan fingerprint density at radius 1 is 1.28 bits per heavy atom. The van der Waals surface area contributed by atoms with Crippen LogP contribution in [0.15, 0.2) is 18.2 Å². The number of nitrogens with two attached hydrogens (primary N) is 1. The van der Waals surface area contributed by atoms with Crippen LogP contribution in [0.25, 0.3) is 0 Å². The Morgan fingerprint density at radius 2 is 1.94 bits per heavy atom. The molecule has 0 amide bonds. The normalized spacial score (nSPS) is 19.7. The summed E-state index contributed by atoms with van der Waals surface area (Å²) in [5, 5.41) is 0. The van der Waals surface area contributed by atoms with Crippen molar-refractivity contribution in [2.45, 2.75) is 33.1 Å². The zero-order valence-corrected chi connectivity index (χ0v) is 12.0. The SMILES string of the molecule is Cc1ccc(C)c(C2(C(CN)C(C)C)COC2)c1. The van der Waals surface area contributed by atoms with Gasteiger partial charge in [0.05, 0.1) is 13.2 Å². The minimum absolute atomic E-state index is 0.138. The minimum atomic E-state index is 0.138. The van der Waals surface area contributed by atoms with E-state index in [1.165, 1.54) is 16.7 Å². The fourth-order valence-corrected chi connectivity index (χ4v) is 3.30. The maximum Gasteiger partial charge on any atom is 0.0589 e. The molecular formula is C16H25NO. The number of ether oxygens (including phenoxy) is 1. The van der Waals surface area contributed by atoms with Crippen molar-refractivity contribution in [1.29, 1.82) is 0 Å². The molecule has 1 aromatic carbocycles. The molecule has 0 aliphatic carbocycles. The molecule has 1 saturated heterocycles. The number of rotatable bonds is 4. The third-order valence-corrected chi connectivity index (χ3v) is 4.42. The first-order chi connectivity index (χ1) is 8.51. The van der Waals surface area contributed by atoms with Crippen molar-refractivity contribution in [3.63, 3.8) is 0 Å². The van der Waals surface area contributed by atoms with Gasteiger partial charge in [0.2, 0.25) is 0 Å². The van der Waals surface area contributed by atoms with Gasteiger partial charge in [-0.05, 0) is 43.4 Å². The molecule has 2 nitrogen and oxygen atoms in total. The molecule has 2 N–H and O–H groups in total. The number of hydrogen-bond acceptors (Lipinski definition) is 2. The zero-order chi connectivity index (χ0) is 13.3. The van der Waals surface area contributed by atoms with E-state index in [0.29, 0.717) is 11.8 Å². The molecule has 18 heavy (non-hydrogen) atoms. The first-order valence-electron chi connectivity index (χ1n) is 6.87. The summed E-state index contributed by atoms with van der Waals surface area (Å²) in [6.07, 6.45) is 0. The van der Waals surface area contributed by atoms with E-state index in [1.807, 2.05) is 0 Å². The van der Waals surface area contributed by atoms with Gasteiger partial charge in [0.15, 0.2) is 0 Å². The van der Waals surface area contributed by atoms with Gasteiger partial charge in [-0.3, -0.25) is 0 Å². The summed E-state index contributed by atoms with van der Waals surface area (Å²) in [7, 11) is 0. The van der Waals surface area contributed by atoms with E-state index in [9.17, 15) is 0 Å². The highest BCUT2D eigenvalue weighted by atomic mass is 16.5. The summed E-state index contributed by atoms with van der Waals surface area (Å²) in [5.41, 5.74) is 10.3. The van der Waals surface area contributed by atoms with Gasteiger partial charge < -0.3 is 10.5 Å². The van der Waals surface area contributed by atoms with Crippen LogP contribution in [0.5, 0.6) is 0 Å². The highest BCUT2D eigenvalue weighted by Crippen LogP contribution is 2.43. The van der Waals surface area contributed by atoms with Gasteiger partial charge in [0, 0.05) is 5.41 Å². The second kappa shape index (κ2) is 5.02. The molecule has 1 atom stereocenters. The Morgan fingerprint density at radius 3 is 2.39 bits per heavy atom. The lowest BCUT2D eigenvalue weighted by atomic mass is 9.63. The van der Waals surface area contributed by atoms with Crippen LogP contribution in [0.2, 0.25) is 0 Å². The van der Waals surface area contributed by atoms with Crippen molar-refractivity contribution in [1.82, 2.24) is 0 Å². The van der Waals surface area contributed by atoms with E-state index in [4.69, 9.17) is 10.5 Å². The van der Waals surface area contributed by atoms with Crippen molar-refractivity contribution >= 4 is 0 Å². The lowest BCUT2D eigenvalue weighted by Crippen LogP contribution is -2.56. The molecule has 0 radical (unpaired) electrons. The van der Waals surface area contributed by atoms with E-state index in [2.05, 4.69) is 45.9 Å². The Kier molecular flexibility index (Phi) is 3.79. The van der Waals surface area contributed by atoms with E-state index in [0.717, 1.165) is 19.8 Å². The summed E-state index contributed by atoms with van der Waals surface area (Å²) in [6.45, 7) is 11.3. The van der Waals surface area contributed by atoms with E-state index in [1.54, 1.807) is 0 Å². The Labute approximate surface area is 111 Å². The largest absolute Gasteiger partial charge is 0.379 e. The topological polar surface area (TPSA) is 35.2 Å². The third-order valence-electron chi connectivity index (χ3n) is 4.42. The van der Waals surface area contributed by atoms with Gasteiger partial charge in [-0.25, -0.2) is 0 Å². The number of benzene rings is 1. The van der Waals surface area contributed by atoms with Crippen molar-refractivity contribution in [3.8, 4) is 0 Å². The second-order valence-corrected chi connectivity index (χ2v) is 6.05. The van der Waals surface area contributed by atoms with Crippen LogP contribution >= 0.6 is 0 Å². The Balaban J connectivity index is 2.46. The van der Waals surface area contributed by atoms with Crippen LogP contribution in [-0.4, -0.2) is 19.8 Å². The summed E-state index contributed by atoms with van der Waals surface area (Å²) < 4.78 is 5.56. The van der Waals surface area contributed by atoms with E-state index < -0.39 is 0 Å². The molecule has 2 heteroatoms. The fourth-order valence-electron chi connectivity index (χ4n) is 3.30. The van der Waals surface area contributed by atoms with Crippen molar-refractivity contribution < 1.29 is 4.74 Å². The molecule has 0 bridgehead atoms. The van der Waals surface area contributed by atoms with Gasteiger partial charge in [-0.15, -0.1) is 0 Å². The highest BCUT2D eigenvalue weighted by Gasteiger charge is 2.48. The molecule has 1 aliphatic heterocycles. The highest BCUT2D eigenvalue weighted by molar-refractivity contribution is 5.39. The monoisotopic (exact) mass is 247 g/mol. The minimum Gasteiger partial charge on any atom is -0.379 e. The lowest BCUT2D eigenvalue weighted by Gasteiger charge is -2.50. The smallest absolute Gasteiger partial charge is 0.0589 e. The van der Waals surface area contributed by atoms with Crippen LogP contribution in [0, 0.1) is 25.7 Å². The molecule has 2 rings (SSSR count). The van der Waals surface area contributed by atoms with Gasteiger partial charge in [-0.2, -0.15) is 0 Å². The molecule has 0 aromatic heterocycles. The summed E-state index contributed by atoms with van der Waals surface area (Å²) >= 11 is 0. The maximum absolute atomic E-state index is 6.04. The predicted octanol–water partition coefficient (Wildman–Crippen LogP) is 2.80. The molecule has 100 valence electrons. The third kappa shape index (κ3) is 2.08. The average molecular weight is 247 g/mol. The second-order valence-electron chi connectivity index (χ2n) is 6.05. The van der Waals surface area contributed by atoms with Crippen molar-refractivity contribution in [2.75, 3.05) is 19.8 Å². The Bertz CT molecular complexity index is 421. The molecule has 1 fully saturated rings. The van der Waals surface area contributed by atoms with Crippen LogP contribution in [0.4, 0.5) is 0 Å². The molecule has 0 spiro atoms. The number of aryl methyl sites for hydroxylation is 2. The molecule has 1 unspecified atom stereocenters. The molecular weight excluding hydrogens is 222 g/mol. The van der Waals surface area contributed by atoms with Gasteiger partial charge >= 0.3 is 0 Å². The molecule has 1 aromatic rings. The van der Waals surface area contributed by atoms with Crippen LogP contribution in [-0.2, 0) is 10.2 Å². The molecule has 1 heterocycles. The van der Waals surface area contributed by atoms with Crippen LogP contribution in [0.3, 0.4) is 0 Å². The summed E-state index contributed by atoms with van der Waals surface area (Å²) in [5.74, 6) is 1.07. The summed E-state index contributed by atoms with van der Waals surface area (Å²) in [4.78, 5) is 0. The predicted molar refractivity (Wildman–Crippen MR) is 75.8 cm³/mol. The zero-order valence-electron chi connectivity index (χ0n) is 12.0. The van der Waals surface area contributed by atoms with Gasteiger partial charge in [0.1, 0.15) is 0 Å². The maximum atomic E-state index is 6.04. The van der Waals surface area contributed by atoms with Crippen molar-refractivity contribution in [3.05, 3.63) is 34.9 Å². The average Bonchev–Trinajstić information content (AvgIpc) is 2.26. The molecule has 0 saturated carbocycles. The van der Waals surface area contributed by atoms with Crippen LogP contribution < -0.4 is 5.73 Å². The van der Waals surface area contributed by atoms with E-state index >= 15 is 0 Å². The summed E-state index contributed by atoms with van der Waals surface area (Å²) in [6, 6.07) is 6.72. The van der Waals surface area contributed by atoms with Gasteiger partial charge in [-0.1, -0.05) is 37.6 Å². The van der Waals surface area contributed by atoms with Gasteiger partial charge in [0.25, 0.3) is 0 Å². The Hall–Kier alpha value is -0.860.